The largest absolute Gasteiger partial charge is 0.466 e. The van der Waals surface area contributed by atoms with Gasteiger partial charge in [-0.15, -0.1) is 0 Å². The summed E-state index contributed by atoms with van der Waals surface area (Å²) >= 11 is 0. The van der Waals surface area contributed by atoms with Crippen molar-refractivity contribution in [2.24, 2.45) is 0 Å². The molecule has 1 rings (SSSR count). The Morgan fingerprint density at radius 2 is 2.29 bits per heavy atom. The second kappa shape index (κ2) is 5.32. The number of hydrogen-bond acceptors (Lipinski definition) is 4. The average Bonchev–Trinajstić information content (AvgIpc) is 2.12. The van der Waals surface area contributed by atoms with Crippen molar-refractivity contribution in [1.82, 2.24) is 0 Å². The molecule has 0 radical (unpaired) electrons. The maximum absolute atomic E-state index is 11.2. The first-order valence-electron chi connectivity index (χ1n) is 5.12. The second-order valence-electron chi connectivity index (χ2n) is 3.64. The van der Waals surface area contributed by atoms with E-state index in [1.165, 1.54) is 0 Å². The van der Waals surface area contributed by atoms with Crippen molar-refractivity contribution < 1.29 is 19.4 Å². The highest BCUT2D eigenvalue weighted by Crippen LogP contribution is 2.21. The van der Waals surface area contributed by atoms with E-state index in [0.717, 1.165) is 6.42 Å². The third-order valence-electron chi connectivity index (χ3n) is 2.38. The van der Waals surface area contributed by atoms with Gasteiger partial charge in [0, 0.05) is 0 Å². The van der Waals surface area contributed by atoms with Crippen molar-refractivity contribution >= 4 is 5.97 Å². The molecular formula is C10H18O4. The van der Waals surface area contributed by atoms with Crippen LogP contribution in [-0.2, 0) is 14.3 Å². The summed E-state index contributed by atoms with van der Waals surface area (Å²) in [6.07, 6.45) is 0.900. The molecule has 0 aliphatic carbocycles. The van der Waals surface area contributed by atoms with Crippen molar-refractivity contribution in [3.05, 3.63) is 0 Å². The summed E-state index contributed by atoms with van der Waals surface area (Å²) in [5.74, 6) is -0.300. The number of rotatable bonds is 3. The monoisotopic (exact) mass is 202 g/mol. The molecule has 4 nitrogen and oxygen atoms in total. The molecule has 82 valence electrons. The van der Waals surface area contributed by atoms with Gasteiger partial charge in [-0.05, 0) is 26.7 Å². The van der Waals surface area contributed by atoms with Gasteiger partial charge in [-0.1, -0.05) is 0 Å². The van der Waals surface area contributed by atoms with Crippen LogP contribution in [0.25, 0.3) is 0 Å². The molecular weight excluding hydrogens is 184 g/mol. The van der Waals surface area contributed by atoms with E-state index in [-0.39, 0.29) is 18.5 Å². The Balaban J connectivity index is 2.37. The third kappa shape index (κ3) is 3.27. The molecule has 0 amide bonds. The molecule has 0 aromatic heterocycles. The molecule has 3 atom stereocenters. The summed E-state index contributed by atoms with van der Waals surface area (Å²) in [5, 5.41) is 9.57. The predicted octanol–water partition coefficient (Wildman–Crippen LogP) is 0.868. The number of ether oxygens (including phenoxy) is 2. The predicted molar refractivity (Wildman–Crippen MR) is 50.8 cm³/mol. The lowest BCUT2D eigenvalue weighted by molar-refractivity contribution is -0.156. The number of carbonyl (C=O) groups is 1. The quantitative estimate of drug-likeness (QED) is 0.690. The standard InChI is InChI=1S/C10H18O4/c1-3-13-10(12)6-9-8(11)5-4-7(2)14-9/h7-9,11H,3-6H2,1-2H3/t7-,8-,9+/m1/s1. The van der Waals surface area contributed by atoms with Gasteiger partial charge in [0.2, 0.25) is 0 Å². The van der Waals surface area contributed by atoms with Crippen molar-refractivity contribution in [2.45, 2.75) is 51.4 Å². The van der Waals surface area contributed by atoms with Gasteiger partial charge in [-0.25, -0.2) is 0 Å². The van der Waals surface area contributed by atoms with Crippen LogP contribution in [0.15, 0.2) is 0 Å². The van der Waals surface area contributed by atoms with Gasteiger partial charge >= 0.3 is 5.97 Å². The molecule has 1 aliphatic heterocycles. The molecule has 1 aliphatic rings. The van der Waals surface area contributed by atoms with Crippen molar-refractivity contribution in [3.63, 3.8) is 0 Å². The summed E-state index contributed by atoms with van der Waals surface area (Å²) in [6, 6.07) is 0. The maximum atomic E-state index is 11.2. The Hall–Kier alpha value is -0.610. The molecule has 1 N–H and O–H groups in total. The van der Waals surface area contributed by atoms with Gasteiger partial charge in [0.05, 0.1) is 31.3 Å². The minimum absolute atomic E-state index is 0.123. The fourth-order valence-electron chi connectivity index (χ4n) is 1.62. The first kappa shape index (κ1) is 11.5. The topological polar surface area (TPSA) is 55.8 Å². The number of hydrogen-bond donors (Lipinski definition) is 1. The Kier molecular flexibility index (Phi) is 4.35. The average molecular weight is 202 g/mol. The van der Waals surface area contributed by atoms with E-state index in [2.05, 4.69) is 0 Å². The van der Waals surface area contributed by atoms with Gasteiger partial charge < -0.3 is 14.6 Å². The Labute approximate surface area is 84.2 Å². The highest BCUT2D eigenvalue weighted by atomic mass is 16.5. The molecule has 1 saturated heterocycles. The fraction of sp³-hybridized carbons (Fsp3) is 0.900. The smallest absolute Gasteiger partial charge is 0.308 e. The highest BCUT2D eigenvalue weighted by molar-refractivity contribution is 5.70. The number of carbonyl (C=O) groups excluding carboxylic acids is 1. The zero-order valence-electron chi connectivity index (χ0n) is 8.73. The lowest BCUT2D eigenvalue weighted by Crippen LogP contribution is -2.39. The van der Waals surface area contributed by atoms with Crippen molar-refractivity contribution in [2.75, 3.05) is 6.61 Å². The molecule has 14 heavy (non-hydrogen) atoms. The second-order valence-corrected chi connectivity index (χ2v) is 3.64. The van der Waals surface area contributed by atoms with Crippen LogP contribution in [0.2, 0.25) is 0 Å². The van der Waals surface area contributed by atoms with E-state index in [4.69, 9.17) is 9.47 Å². The zero-order chi connectivity index (χ0) is 10.6. The Morgan fingerprint density at radius 3 is 2.93 bits per heavy atom. The molecule has 1 heterocycles. The van der Waals surface area contributed by atoms with Gasteiger partial charge in [0.25, 0.3) is 0 Å². The lowest BCUT2D eigenvalue weighted by atomic mass is 10.00. The van der Waals surface area contributed by atoms with Crippen LogP contribution in [0, 0.1) is 0 Å². The van der Waals surface area contributed by atoms with E-state index in [1.807, 2.05) is 6.92 Å². The molecule has 0 bridgehead atoms. The molecule has 0 aromatic rings. The normalized spacial score (nSPS) is 32.6. The van der Waals surface area contributed by atoms with Crippen LogP contribution in [0.3, 0.4) is 0 Å². The van der Waals surface area contributed by atoms with Gasteiger partial charge in [0.1, 0.15) is 0 Å². The van der Waals surface area contributed by atoms with Crippen LogP contribution in [0.4, 0.5) is 0 Å². The first-order valence-corrected chi connectivity index (χ1v) is 5.12. The fourth-order valence-corrected chi connectivity index (χ4v) is 1.62. The summed E-state index contributed by atoms with van der Waals surface area (Å²) in [4.78, 5) is 11.2. The molecule has 1 fully saturated rings. The summed E-state index contributed by atoms with van der Waals surface area (Å²) in [6.45, 7) is 4.08. The summed E-state index contributed by atoms with van der Waals surface area (Å²) < 4.78 is 10.3. The van der Waals surface area contributed by atoms with Crippen LogP contribution >= 0.6 is 0 Å². The van der Waals surface area contributed by atoms with E-state index >= 15 is 0 Å². The Morgan fingerprint density at radius 1 is 1.57 bits per heavy atom. The first-order chi connectivity index (χ1) is 6.63. The number of esters is 1. The van der Waals surface area contributed by atoms with E-state index < -0.39 is 12.2 Å². The SMILES string of the molecule is CCOC(=O)C[C@@H]1O[C@H](C)CC[C@H]1O. The van der Waals surface area contributed by atoms with Crippen LogP contribution in [0.1, 0.15) is 33.1 Å². The third-order valence-corrected chi connectivity index (χ3v) is 2.38. The number of aliphatic hydroxyl groups excluding tert-OH is 1. The van der Waals surface area contributed by atoms with Crippen LogP contribution < -0.4 is 0 Å². The van der Waals surface area contributed by atoms with Crippen LogP contribution in [0.5, 0.6) is 0 Å². The van der Waals surface area contributed by atoms with Crippen LogP contribution in [-0.4, -0.2) is 36.0 Å². The number of aliphatic hydroxyl groups is 1. The molecule has 4 heteroatoms. The van der Waals surface area contributed by atoms with E-state index in [1.54, 1.807) is 6.92 Å². The maximum Gasteiger partial charge on any atom is 0.308 e. The van der Waals surface area contributed by atoms with E-state index in [9.17, 15) is 9.90 Å². The van der Waals surface area contributed by atoms with Gasteiger partial charge in [-0.2, -0.15) is 0 Å². The summed E-state index contributed by atoms with van der Waals surface area (Å²) in [5.41, 5.74) is 0. The van der Waals surface area contributed by atoms with Gasteiger partial charge in [-0.3, -0.25) is 4.79 Å². The van der Waals surface area contributed by atoms with Gasteiger partial charge in [0.15, 0.2) is 0 Å². The lowest BCUT2D eigenvalue weighted by Gasteiger charge is -2.31. The molecule has 0 unspecified atom stereocenters. The molecule has 0 aromatic carbocycles. The summed E-state index contributed by atoms with van der Waals surface area (Å²) in [7, 11) is 0. The van der Waals surface area contributed by atoms with E-state index in [0.29, 0.717) is 13.0 Å². The van der Waals surface area contributed by atoms with Crippen molar-refractivity contribution in [3.8, 4) is 0 Å². The van der Waals surface area contributed by atoms with Crippen molar-refractivity contribution in [1.29, 1.82) is 0 Å². The Bertz CT molecular complexity index is 193. The highest BCUT2D eigenvalue weighted by Gasteiger charge is 2.29. The minimum Gasteiger partial charge on any atom is -0.466 e. The zero-order valence-corrected chi connectivity index (χ0v) is 8.73. The minimum atomic E-state index is -0.532. The molecule has 0 spiro atoms. The molecule has 0 saturated carbocycles.